The maximum atomic E-state index is 13.1. The van der Waals surface area contributed by atoms with Crippen molar-refractivity contribution in [1.29, 1.82) is 0 Å². The fraction of sp³-hybridized carbons (Fsp3) is 0.294. The number of rotatable bonds is 8. The van der Waals surface area contributed by atoms with E-state index < -0.39 is 27.6 Å². The van der Waals surface area contributed by atoms with Gasteiger partial charge in [-0.1, -0.05) is 13.8 Å². The van der Waals surface area contributed by atoms with E-state index in [1.54, 1.807) is 13.8 Å². The highest BCUT2D eigenvalue weighted by atomic mass is 32.2. The van der Waals surface area contributed by atoms with Crippen LogP contribution in [0.4, 0.5) is 20.3 Å². The first-order valence-electron chi connectivity index (χ1n) is 8.28. The van der Waals surface area contributed by atoms with Crippen molar-refractivity contribution in [2.24, 2.45) is 0 Å². The van der Waals surface area contributed by atoms with E-state index in [9.17, 15) is 22.0 Å². The number of hydrogen-bond acceptors (Lipinski definition) is 4. The van der Waals surface area contributed by atoms with Crippen LogP contribution in [0.1, 0.15) is 13.8 Å². The third-order valence-electron chi connectivity index (χ3n) is 3.77. The normalized spacial score (nSPS) is 11.4. The first-order chi connectivity index (χ1) is 12.8. The minimum Gasteiger partial charge on any atom is -0.323 e. The molecular weight excluding hydrogens is 378 g/mol. The summed E-state index contributed by atoms with van der Waals surface area (Å²) in [6.45, 7) is 4.09. The Bertz CT molecular complexity index is 901. The number of nitrogens with one attached hydrogen (secondary N) is 3. The third kappa shape index (κ3) is 5.20. The third-order valence-corrected chi connectivity index (χ3v) is 5.82. The number of aromatic nitrogens is 1. The van der Waals surface area contributed by atoms with Gasteiger partial charge < -0.3 is 5.32 Å². The highest BCUT2D eigenvalue weighted by Gasteiger charge is 2.22. The molecule has 3 N–H and O–H groups in total. The molecule has 2 rings (SSSR count). The number of benzene rings is 1. The van der Waals surface area contributed by atoms with Gasteiger partial charge in [0.25, 0.3) is 11.7 Å². The summed E-state index contributed by atoms with van der Waals surface area (Å²) in [6.07, 6.45) is 1.34. The molecule has 0 aliphatic rings. The molecule has 0 radical (unpaired) electrons. The second-order valence-corrected chi connectivity index (χ2v) is 7.50. The van der Waals surface area contributed by atoms with E-state index in [4.69, 9.17) is 0 Å². The number of nitrogens with zero attached hydrogens (tertiary/aromatic N) is 1. The summed E-state index contributed by atoms with van der Waals surface area (Å²) in [5, 5.41) is 5.20. The molecule has 0 unspecified atom stereocenters. The van der Waals surface area contributed by atoms with Crippen LogP contribution in [-0.2, 0) is 14.8 Å². The number of carbonyl (C=O) groups excluding carboxylic acids is 1. The van der Waals surface area contributed by atoms with Crippen LogP contribution >= 0.6 is 0 Å². The van der Waals surface area contributed by atoms with Gasteiger partial charge in [0.15, 0.2) is 18.2 Å². The molecule has 27 heavy (non-hydrogen) atoms. The number of pyridine rings is 1. The van der Waals surface area contributed by atoms with Crippen LogP contribution in [0.3, 0.4) is 0 Å². The number of hydrogen-bond donors (Lipinski definition) is 2. The van der Waals surface area contributed by atoms with E-state index in [1.807, 2.05) is 0 Å². The highest BCUT2D eigenvalue weighted by Crippen LogP contribution is 2.15. The molecule has 0 spiro atoms. The SMILES string of the molecule is CCN(CC)S(=O)(=O)c1ccc(NCC(=O)Nc2ccc(F)c(F)c2)[nH+]c1. The summed E-state index contributed by atoms with van der Waals surface area (Å²) >= 11 is 0. The van der Waals surface area contributed by atoms with Gasteiger partial charge in [0.05, 0.1) is 0 Å². The fourth-order valence-electron chi connectivity index (χ4n) is 2.35. The number of carbonyl (C=O) groups is 1. The number of halogens is 2. The first kappa shape index (κ1) is 20.7. The molecule has 0 saturated heterocycles. The van der Waals surface area contributed by atoms with Crippen LogP contribution in [0.5, 0.6) is 0 Å². The summed E-state index contributed by atoms with van der Waals surface area (Å²) in [7, 11) is -3.57. The smallest absolute Gasteiger partial charge is 0.272 e. The Hall–Kier alpha value is -2.59. The lowest BCUT2D eigenvalue weighted by molar-refractivity contribution is -0.364. The molecule has 0 fully saturated rings. The number of sulfonamides is 1. The summed E-state index contributed by atoms with van der Waals surface area (Å²) in [5.74, 6) is -2.11. The van der Waals surface area contributed by atoms with Gasteiger partial charge in [0.2, 0.25) is 10.0 Å². The fourth-order valence-corrected chi connectivity index (χ4v) is 3.77. The van der Waals surface area contributed by atoms with Gasteiger partial charge in [-0.05, 0) is 18.2 Å². The van der Waals surface area contributed by atoms with E-state index in [-0.39, 0.29) is 17.1 Å². The summed E-state index contributed by atoms with van der Waals surface area (Å²) in [4.78, 5) is 14.8. The van der Waals surface area contributed by atoms with Crippen molar-refractivity contribution in [3.8, 4) is 0 Å². The van der Waals surface area contributed by atoms with Crippen LogP contribution in [0.2, 0.25) is 0 Å². The number of H-pyrrole nitrogens is 1. The second-order valence-electron chi connectivity index (χ2n) is 5.56. The van der Waals surface area contributed by atoms with Crippen LogP contribution in [0.15, 0.2) is 41.4 Å². The van der Waals surface area contributed by atoms with Gasteiger partial charge in [-0.3, -0.25) is 10.1 Å². The van der Waals surface area contributed by atoms with Crippen molar-refractivity contribution in [2.75, 3.05) is 30.3 Å². The zero-order valence-corrected chi connectivity index (χ0v) is 15.7. The summed E-state index contributed by atoms with van der Waals surface area (Å²) in [6, 6.07) is 5.98. The number of aromatic amines is 1. The predicted molar refractivity (Wildman–Crippen MR) is 96.6 cm³/mol. The summed E-state index contributed by atoms with van der Waals surface area (Å²) in [5.41, 5.74) is 0.130. The van der Waals surface area contributed by atoms with Gasteiger partial charge in [-0.2, -0.15) is 4.31 Å². The van der Waals surface area contributed by atoms with Gasteiger partial charge >= 0.3 is 0 Å². The molecule has 0 bridgehead atoms. The Labute approximate surface area is 156 Å². The Morgan fingerprint density at radius 3 is 2.37 bits per heavy atom. The molecule has 0 aliphatic heterocycles. The minimum atomic E-state index is -3.57. The maximum Gasteiger partial charge on any atom is 0.272 e. The molecule has 0 saturated carbocycles. The van der Waals surface area contributed by atoms with Crippen molar-refractivity contribution in [3.05, 3.63) is 48.2 Å². The molecule has 1 heterocycles. The van der Waals surface area contributed by atoms with Crippen molar-refractivity contribution in [3.63, 3.8) is 0 Å². The van der Waals surface area contributed by atoms with Crippen LogP contribution < -0.4 is 15.6 Å². The maximum absolute atomic E-state index is 13.1. The lowest BCUT2D eigenvalue weighted by atomic mass is 10.3. The average Bonchev–Trinajstić information content (AvgIpc) is 2.64. The average molecular weight is 399 g/mol. The molecule has 1 amide bonds. The molecule has 0 aliphatic carbocycles. The molecule has 7 nitrogen and oxygen atoms in total. The second kappa shape index (κ2) is 8.87. The van der Waals surface area contributed by atoms with Gasteiger partial charge in [-0.15, -0.1) is 0 Å². The van der Waals surface area contributed by atoms with Crippen LogP contribution in [-0.4, -0.2) is 38.3 Å². The van der Waals surface area contributed by atoms with Crippen molar-refractivity contribution in [2.45, 2.75) is 18.7 Å². The quantitative estimate of drug-likeness (QED) is 0.709. The van der Waals surface area contributed by atoms with Crippen LogP contribution in [0, 0.1) is 11.6 Å². The Morgan fingerprint density at radius 2 is 1.81 bits per heavy atom. The standard InChI is InChI=1S/C17H20F2N4O3S/c1-3-23(4-2)27(25,26)13-6-8-16(20-10-13)21-11-17(24)22-12-5-7-14(18)15(19)9-12/h5-10H,3-4,11H2,1-2H3,(H,20,21)(H,22,24)/p+1. The largest absolute Gasteiger partial charge is 0.323 e. The molecular formula is C17H21F2N4O3S+. The Morgan fingerprint density at radius 1 is 1.11 bits per heavy atom. The molecule has 1 aromatic heterocycles. The number of anilines is 2. The molecule has 1 aromatic carbocycles. The zero-order chi connectivity index (χ0) is 20.0. The van der Waals surface area contributed by atoms with E-state index in [2.05, 4.69) is 15.6 Å². The van der Waals surface area contributed by atoms with Gasteiger partial charge in [-0.25, -0.2) is 22.2 Å². The van der Waals surface area contributed by atoms with E-state index in [0.29, 0.717) is 18.9 Å². The van der Waals surface area contributed by atoms with Crippen molar-refractivity contribution in [1.82, 2.24) is 4.31 Å². The lowest BCUT2D eigenvalue weighted by Gasteiger charge is -2.17. The van der Waals surface area contributed by atoms with Crippen LogP contribution in [0.25, 0.3) is 0 Å². The Kier molecular flexibility index (Phi) is 6.81. The monoisotopic (exact) mass is 399 g/mol. The predicted octanol–water partition coefficient (Wildman–Crippen LogP) is 1.86. The zero-order valence-electron chi connectivity index (χ0n) is 14.9. The van der Waals surface area contributed by atoms with Gasteiger partial charge in [0.1, 0.15) is 11.1 Å². The Balaban J connectivity index is 1.96. The molecule has 146 valence electrons. The van der Waals surface area contributed by atoms with E-state index in [1.165, 1.54) is 28.7 Å². The highest BCUT2D eigenvalue weighted by molar-refractivity contribution is 7.89. The molecule has 10 heteroatoms. The number of amides is 1. The lowest BCUT2D eigenvalue weighted by Crippen LogP contribution is -2.31. The van der Waals surface area contributed by atoms with E-state index in [0.717, 1.165) is 12.1 Å². The van der Waals surface area contributed by atoms with Crippen molar-refractivity contribution >= 4 is 27.4 Å². The first-order valence-corrected chi connectivity index (χ1v) is 9.72. The van der Waals surface area contributed by atoms with Crippen molar-refractivity contribution < 1.29 is 27.0 Å². The topological polar surface area (TPSA) is 92.7 Å². The summed E-state index contributed by atoms with van der Waals surface area (Å²) < 4.78 is 52.1. The molecule has 0 atom stereocenters. The minimum absolute atomic E-state index is 0.114. The molecule has 2 aromatic rings. The van der Waals surface area contributed by atoms with E-state index >= 15 is 0 Å². The van der Waals surface area contributed by atoms with Gasteiger partial charge in [0, 0.05) is 30.9 Å².